The summed E-state index contributed by atoms with van der Waals surface area (Å²) in [6.45, 7) is 8.51. The number of hydrogen-bond donors (Lipinski definition) is 0. The van der Waals surface area contributed by atoms with Gasteiger partial charge >= 0.3 is 7.69 Å². The van der Waals surface area contributed by atoms with E-state index in [2.05, 4.69) is 27.7 Å². The Balaban J connectivity index is 2.03. The van der Waals surface area contributed by atoms with Gasteiger partial charge in [0.25, 0.3) is 0 Å². The monoisotopic (exact) mass is 342 g/mol. The molecule has 0 aliphatic heterocycles. The molecule has 25 heavy (non-hydrogen) atoms. The Labute approximate surface area is 151 Å². The van der Waals surface area contributed by atoms with E-state index in [9.17, 15) is 0 Å². The summed E-state index contributed by atoms with van der Waals surface area (Å²) in [6.07, 6.45) is 0. The minimum absolute atomic E-state index is 0.147. The molecule has 0 atom stereocenters. The molecule has 0 N–H and O–H groups in total. The Kier molecular flexibility index (Phi) is 6.62. The Morgan fingerprint density at radius 1 is 0.680 bits per heavy atom. The van der Waals surface area contributed by atoms with Gasteiger partial charge in [0.05, 0.1) is 14.2 Å². The first-order valence-corrected chi connectivity index (χ1v) is 8.57. The van der Waals surface area contributed by atoms with Crippen molar-refractivity contribution in [1.29, 1.82) is 0 Å². The standard InChI is InChI=1S/C20H27BO4/c1-13(2)17-11-15(7-9-19(17)22-5)24-21-25-16-8-10-20(23-6)18(12-16)14(3)4/h7-14,21H,1-6H3. The third kappa shape index (κ3) is 4.85. The van der Waals surface area contributed by atoms with Crippen molar-refractivity contribution in [1.82, 2.24) is 0 Å². The largest absolute Gasteiger partial charge is 0.576 e. The van der Waals surface area contributed by atoms with E-state index in [1.165, 1.54) is 0 Å². The van der Waals surface area contributed by atoms with Crippen LogP contribution < -0.4 is 18.8 Å². The van der Waals surface area contributed by atoms with Gasteiger partial charge in [-0.15, -0.1) is 0 Å². The molecule has 0 unspecified atom stereocenters. The van der Waals surface area contributed by atoms with Crippen LogP contribution in [0.4, 0.5) is 0 Å². The maximum atomic E-state index is 5.75. The molecule has 0 bridgehead atoms. The molecule has 2 aromatic carbocycles. The highest BCUT2D eigenvalue weighted by atomic mass is 16.6. The molecule has 0 saturated carbocycles. The highest BCUT2D eigenvalue weighted by molar-refractivity contribution is 6.20. The quantitative estimate of drug-likeness (QED) is 0.653. The minimum atomic E-state index is 0.147. The van der Waals surface area contributed by atoms with Crippen molar-refractivity contribution in [3.63, 3.8) is 0 Å². The molecule has 2 rings (SSSR count). The van der Waals surface area contributed by atoms with E-state index in [1.54, 1.807) is 14.2 Å². The smallest absolute Gasteiger partial charge is 0.529 e. The molecule has 134 valence electrons. The van der Waals surface area contributed by atoms with Gasteiger partial charge < -0.3 is 18.8 Å². The summed E-state index contributed by atoms with van der Waals surface area (Å²) in [4.78, 5) is 0. The Morgan fingerprint density at radius 3 is 1.40 bits per heavy atom. The van der Waals surface area contributed by atoms with Crippen LogP contribution in [0.15, 0.2) is 36.4 Å². The molecule has 0 heterocycles. The zero-order valence-corrected chi connectivity index (χ0v) is 16.0. The van der Waals surface area contributed by atoms with Crippen LogP contribution in [-0.4, -0.2) is 21.9 Å². The van der Waals surface area contributed by atoms with Crippen LogP contribution in [0.2, 0.25) is 0 Å². The van der Waals surface area contributed by atoms with Crippen LogP contribution in [0.5, 0.6) is 23.0 Å². The Hall–Kier alpha value is -2.30. The summed E-state index contributed by atoms with van der Waals surface area (Å²) in [5.74, 6) is 3.99. The first-order chi connectivity index (χ1) is 12.0. The Bertz CT molecular complexity index is 639. The Morgan fingerprint density at radius 2 is 1.08 bits per heavy atom. The molecular formula is C20H27BO4. The third-order valence-corrected chi connectivity index (χ3v) is 4.10. The lowest BCUT2D eigenvalue weighted by Gasteiger charge is -2.15. The fourth-order valence-electron chi connectivity index (χ4n) is 2.67. The second-order valence-electron chi connectivity index (χ2n) is 6.52. The van der Waals surface area contributed by atoms with Gasteiger partial charge in [-0.05, 0) is 48.2 Å². The second kappa shape index (κ2) is 8.70. The van der Waals surface area contributed by atoms with Crippen LogP contribution in [0.3, 0.4) is 0 Å². The first-order valence-electron chi connectivity index (χ1n) is 8.57. The van der Waals surface area contributed by atoms with Crippen molar-refractivity contribution < 1.29 is 18.8 Å². The fraction of sp³-hybridized carbons (Fsp3) is 0.400. The summed E-state index contributed by atoms with van der Waals surface area (Å²) in [5, 5.41) is 0. The van der Waals surface area contributed by atoms with Gasteiger partial charge in [-0.2, -0.15) is 0 Å². The van der Waals surface area contributed by atoms with E-state index < -0.39 is 0 Å². The SMILES string of the molecule is COc1ccc(OBOc2ccc(OC)c(C(C)C)c2)cc1C(C)C. The van der Waals surface area contributed by atoms with Crippen molar-refractivity contribution >= 4 is 7.69 Å². The highest BCUT2D eigenvalue weighted by Crippen LogP contribution is 2.31. The molecule has 0 amide bonds. The van der Waals surface area contributed by atoms with Gasteiger partial charge in [-0.25, -0.2) is 0 Å². The molecule has 0 aliphatic rings. The number of methoxy groups -OCH3 is 2. The lowest BCUT2D eigenvalue weighted by atomic mass is 10.0. The second-order valence-corrected chi connectivity index (χ2v) is 6.52. The van der Waals surface area contributed by atoms with E-state index in [1.807, 2.05) is 36.4 Å². The molecule has 2 aromatic rings. The zero-order valence-electron chi connectivity index (χ0n) is 16.0. The fourth-order valence-corrected chi connectivity index (χ4v) is 2.67. The maximum absolute atomic E-state index is 5.75. The van der Waals surface area contributed by atoms with Gasteiger partial charge in [-0.1, -0.05) is 27.7 Å². The number of ether oxygens (including phenoxy) is 2. The maximum Gasteiger partial charge on any atom is 0.576 e. The number of benzene rings is 2. The van der Waals surface area contributed by atoms with Crippen LogP contribution in [0, 0.1) is 0 Å². The number of hydrogen-bond acceptors (Lipinski definition) is 4. The van der Waals surface area contributed by atoms with E-state index in [0.717, 1.165) is 34.1 Å². The van der Waals surface area contributed by atoms with Gasteiger partial charge in [0.2, 0.25) is 0 Å². The van der Waals surface area contributed by atoms with Gasteiger partial charge in [0.15, 0.2) is 0 Å². The molecule has 5 heteroatoms. The minimum Gasteiger partial charge on any atom is -0.529 e. The van der Waals surface area contributed by atoms with E-state index >= 15 is 0 Å². The molecule has 0 saturated heterocycles. The summed E-state index contributed by atoms with van der Waals surface area (Å²) >= 11 is 0. The summed E-state index contributed by atoms with van der Waals surface area (Å²) in [7, 11) is 3.51. The first kappa shape index (κ1) is 19.0. The van der Waals surface area contributed by atoms with E-state index in [4.69, 9.17) is 18.8 Å². The molecule has 0 radical (unpaired) electrons. The van der Waals surface area contributed by atoms with Gasteiger partial charge in [-0.3, -0.25) is 0 Å². The predicted octanol–water partition coefficient (Wildman–Crippen LogP) is 4.67. The normalized spacial score (nSPS) is 10.7. The molecule has 0 aromatic heterocycles. The van der Waals surface area contributed by atoms with Gasteiger partial charge in [0.1, 0.15) is 23.0 Å². The third-order valence-electron chi connectivity index (χ3n) is 4.10. The zero-order chi connectivity index (χ0) is 18.4. The van der Waals surface area contributed by atoms with Gasteiger partial charge in [0, 0.05) is 11.1 Å². The van der Waals surface area contributed by atoms with Crippen molar-refractivity contribution in [2.45, 2.75) is 39.5 Å². The molecule has 0 aliphatic carbocycles. The van der Waals surface area contributed by atoms with Crippen LogP contribution >= 0.6 is 0 Å². The summed E-state index contributed by atoms with van der Waals surface area (Å²) < 4.78 is 22.3. The summed E-state index contributed by atoms with van der Waals surface area (Å²) in [5.41, 5.74) is 2.23. The van der Waals surface area contributed by atoms with E-state index in [0.29, 0.717) is 11.8 Å². The topological polar surface area (TPSA) is 36.9 Å². The lowest BCUT2D eigenvalue weighted by Crippen LogP contribution is -2.11. The van der Waals surface area contributed by atoms with E-state index in [-0.39, 0.29) is 7.69 Å². The van der Waals surface area contributed by atoms with Crippen molar-refractivity contribution in [3.8, 4) is 23.0 Å². The van der Waals surface area contributed by atoms with Crippen molar-refractivity contribution in [3.05, 3.63) is 47.5 Å². The predicted molar refractivity (Wildman–Crippen MR) is 103 cm³/mol. The van der Waals surface area contributed by atoms with Crippen LogP contribution in [0.1, 0.15) is 50.7 Å². The molecule has 4 nitrogen and oxygen atoms in total. The average Bonchev–Trinajstić information content (AvgIpc) is 2.61. The molecule has 0 fully saturated rings. The number of rotatable bonds is 8. The van der Waals surface area contributed by atoms with Crippen LogP contribution in [-0.2, 0) is 0 Å². The average molecular weight is 342 g/mol. The molecular weight excluding hydrogens is 315 g/mol. The highest BCUT2D eigenvalue weighted by Gasteiger charge is 2.11. The molecule has 0 spiro atoms. The lowest BCUT2D eigenvalue weighted by molar-refractivity contribution is 0.404. The van der Waals surface area contributed by atoms with Crippen molar-refractivity contribution in [2.24, 2.45) is 0 Å². The van der Waals surface area contributed by atoms with Crippen molar-refractivity contribution in [2.75, 3.05) is 14.2 Å². The summed E-state index contributed by atoms with van der Waals surface area (Å²) in [6, 6.07) is 11.6. The van der Waals surface area contributed by atoms with Crippen LogP contribution in [0.25, 0.3) is 0 Å².